The summed E-state index contributed by atoms with van der Waals surface area (Å²) >= 11 is 0. The van der Waals surface area contributed by atoms with E-state index in [0.29, 0.717) is 6.54 Å². The summed E-state index contributed by atoms with van der Waals surface area (Å²) in [5.74, 6) is -0.865. The van der Waals surface area contributed by atoms with Crippen LogP contribution in [0, 0.1) is 20.8 Å². The smallest absolute Gasteiger partial charge is 0.304 e. The van der Waals surface area contributed by atoms with Crippen LogP contribution in [0.3, 0.4) is 0 Å². The molecule has 1 unspecified atom stereocenters. The Morgan fingerprint density at radius 1 is 1.35 bits per heavy atom. The van der Waals surface area contributed by atoms with Gasteiger partial charge >= 0.3 is 5.97 Å². The van der Waals surface area contributed by atoms with Crippen molar-refractivity contribution in [2.75, 3.05) is 11.9 Å². The third kappa shape index (κ3) is 3.75. The molecular weight excluding hydrogens is 216 g/mol. The molecule has 0 saturated carbocycles. The number of hydrogen-bond acceptors (Lipinski definition) is 3. The standard InChI is InChI=1S/C13H20N2O2/c1-8-4-5-12(10(3)9(8)2)15-7-11(14)6-13(16)17/h4-5,11,15H,6-7,14H2,1-3H3,(H,16,17). The molecule has 4 heteroatoms. The second-order valence-corrected chi connectivity index (χ2v) is 4.42. The third-order valence-corrected chi connectivity index (χ3v) is 3.05. The molecular formula is C13H20N2O2. The highest BCUT2D eigenvalue weighted by atomic mass is 16.4. The first-order valence-electron chi connectivity index (χ1n) is 5.70. The molecule has 0 heterocycles. The van der Waals surface area contributed by atoms with Gasteiger partial charge < -0.3 is 16.2 Å². The number of anilines is 1. The quantitative estimate of drug-likeness (QED) is 0.729. The summed E-state index contributed by atoms with van der Waals surface area (Å²) < 4.78 is 0. The van der Waals surface area contributed by atoms with Gasteiger partial charge in [0.25, 0.3) is 0 Å². The summed E-state index contributed by atoms with van der Waals surface area (Å²) in [5, 5.41) is 11.8. The van der Waals surface area contributed by atoms with Gasteiger partial charge in [0.15, 0.2) is 0 Å². The van der Waals surface area contributed by atoms with E-state index in [0.717, 1.165) is 5.69 Å². The van der Waals surface area contributed by atoms with Gasteiger partial charge in [-0.3, -0.25) is 4.79 Å². The van der Waals surface area contributed by atoms with Crippen LogP contribution in [-0.2, 0) is 4.79 Å². The van der Waals surface area contributed by atoms with Crippen molar-refractivity contribution in [2.45, 2.75) is 33.2 Å². The highest BCUT2D eigenvalue weighted by Gasteiger charge is 2.09. The van der Waals surface area contributed by atoms with Crippen molar-refractivity contribution in [3.8, 4) is 0 Å². The Morgan fingerprint density at radius 2 is 2.00 bits per heavy atom. The Bertz CT molecular complexity index is 416. The van der Waals surface area contributed by atoms with Crippen LogP contribution in [0.2, 0.25) is 0 Å². The fourth-order valence-electron chi connectivity index (χ4n) is 1.69. The van der Waals surface area contributed by atoms with Crippen LogP contribution in [0.25, 0.3) is 0 Å². The first-order chi connectivity index (χ1) is 7.91. The number of carboxylic acid groups (broad SMARTS) is 1. The molecule has 1 aromatic carbocycles. The molecule has 0 aliphatic rings. The Kier molecular flexibility index (Phi) is 4.52. The van der Waals surface area contributed by atoms with E-state index >= 15 is 0 Å². The molecule has 0 spiro atoms. The van der Waals surface area contributed by atoms with Crippen LogP contribution in [0.15, 0.2) is 12.1 Å². The number of hydrogen-bond donors (Lipinski definition) is 3. The van der Waals surface area contributed by atoms with Crippen LogP contribution < -0.4 is 11.1 Å². The highest BCUT2D eigenvalue weighted by Crippen LogP contribution is 2.21. The number of nitrogens with two attached hydrogens (primary N) is 1. The number of aryl methyl sites for hydroxylation is 1. The van der Waals surface area contributed by atoms with Crippen LogP contribution >= 0.6 is 0 Å². The van der Waals surface area contributed by atoms with E-state index in [1.807, 2.05) is 19.1 Å². The molecule has 1 rings (SSSR count). The largest absolute Gasteiger partial charge is 0.481 e. The molecule has 0 radical (unpaired) electrons. The van der Waals surface area contributed by atoms with Gasteiger partial charge in [-0.2, -0.15) is 0 Å². The minimum atomic E-state index is -0.865. The van der Waals surface area contributed by atoms with Gasteiger partial charge in [0, 0.05) is 18.3 Å². The molecule has 0 aliphatic carbocycles. The van der Waals surface area contributed by atoms with E-state index in [1.54, 1.807) is 0 Å². The molecule has 0 fully saturated rings. The van der Waals surface area contributed by atoms with Gasteiger partial charge in [0.1, 0.15) is 0 Å². The number of aliphatic carboxylic acids is 1. The monoisotopic (exact) mass is 236 g/mol. The minimum Gasteiger partial charge on any atom is -0.481 e. The van der Waals surface area contributed by atoms with Crippen molar-refractivity contribution in [3.05, 3.63) is 28.8 Å². The van der Waals surface area contributed by atoms with Crippen LogP contribution in [-0.4, -0.2) is 23.7 Å². The topological polar surface area (TPSA) is 75.3 Å². The summed E-state index contributed by atoms with van der Waals surface area (Å²) in [7, 11) is 0. The predicted molar refractivity (Wildman–Crippen MR) is 69.4 cm³/mol. The number of rotatable bonds is 5. The molecule has 0 saturated heterocycles. The van der Waals surface area contributed by atoms with Crippen LogP contribution in [0.5, 0.6) is 0 Å². The molecule has 0 aromatic heterocycles. The summed E-state index contributed by atoms with van der Waals surface area (Å²) in [5.41, 5.74) is 10.4. The summed E-state index contributed by atoms with van der Waals surface area (Å²) in [6, 6.07) is 3.69. The Hall–Kier alpha value is -1.55. The van der Waals surface area contributed by atoms with E-state index in [9.17, 15) is 4.79 Å². The minimum absolute atomic E-state index is 0.0170. The van der Waals surface area contributed by atoms with Crippen LogP contribution in [0.1, 0.15) is 23.1 Å². The maximum absolute atomic E-state index is 10.5. The third-order valence-electron chi connectivity index (χ3n) is 3.05. The summed E-state index contributed by atoms with van der Waals surface area (Å²) in [6.45, 7) is 6.67. The zero-order valence-electron chi connectivity index (χ0n) is 10.6. The van der Waals surface area contributed by atoms with Gasteiger partial charge in [0.2, 0.25) is 0 Å². The Balaban J connectivity index is 2.64. The van der Waals surface area contributed by atoms with Crippen molar-refractivity contribution in [1.29, 1.82) is 0 Å². The number of nitrogens with one attached hydrogen (secondary N) is 1. The molecule has 94 valence electrons. The lowest BCUT2D eigenvalue weighted by Gasteiger charge is -2.16. The Morgan fingerprint density at radius 3 is 2.59 bits per heavy atom. The van der Waals surface area contributed by atoms with E-state index in [-0.39, 0.29) is 12.5 Å². The SMILES string of the molecule is Cc1ccc(NCC(N)CC(=O)O)c(C)c1C. The molecule has 4 N–H and O–H groups in total. The van der Waals surface area contributed by atoms with Crippen molar-refractivity contribution >= 4 is 11.7 Å². The Labute approximate surface area is 102 Å². The van der Waals surface area contributed by atoms with Gasteiger partial charge in [-0.15, -0.1) is 0 Å². The fraction of sp³-hybridized carbons (Fsp3) is 0.462. The number of benzene rings is 1. The lowest BCUT2D eigenvalue weighted by Crippen LogP contribution is -2.31. The molecule has 0 amide bonds. The van der Waals surface area contributed by atoms with Gasteiger partial charge in [0.05, 0.1) is 6.42 Å². The van der Waals surface area contributed by atoms with Crippen LogP contribution in [0.4, 0.5) is 5.69 Å². The fourth-order valence-corrected chi connectivity index (χ4v) is 1.69. The zero-order chi connectivity index (χ0) is 13.0. The van der Waals surface area contributed by atoms with E-state index in [4.69, 9.17) is 10.8 Å². The molecule has 0 aliphatic heterocycles. The second kappa shape index (κ2) is 5.68. The van der Waals surface area contributed by atoms with Gasteiger partial charge in [-0.05, 0) is 43.5 Å². The van der Waals surface area contributed by atoms with E-state index in [1.165, 1.54) is 16.7 Å². The zero-order valence-corrected chi connectivity index (χ0v) is 10.6. The van der Waals surface area contributed by atoms with Crippen molar-refractivity contribution < 1.29 is 9.90 Å². The lowest BCUT2D eigenvalue weighted by atomic mass is 10.0. The van der Waals surface area contributed by atoms with E-state index in [2.05, 4.69) is 19.2 Å². The number of carbonyl (C=O) groups is 1. The molecule has 17 heavy (non-hydrogen) atoms. The van der Waals surface area contributed by atoms with Crippen molar-refractivity contribution in [3.63, 3.8) is 0 Å². The molecule has 4 nitrogen and oxygen atoms in total. The lowest BCUT2D eigenvalue weighted by molar-refractivity contribution is -0.137. The van der Waals surface area contributed by atoms with Crippen molar-refractivity contribution in [1.82, 2.24) is 0 Å². The summed E-state index contributed by atoms with van der Waals surface area (Å²) in [4.78, 5) is 10.5. The van der Waals surface area contributed by atoms with Gasteiger partial charge in [-0.1, -0.05) is 6.07 Å². The molecule has 1 atom stereocenters. The highest BCUT2D eigenvalue weighted by molar-refractivity contribution is 5.67. The predicted octanol–water partition coefficient (Wildman–Crippen LogP) is 1.83. The van der Waals surface area contributed by atoms with E-state index < -0.39 is 5.97 Å². The average Bonchev–Trinajstić information content (AvgIpc) is 2.24. The average molecular weight is 236 g/mol. The second-order valence-electron chi connectivity index (χ2n) is 4.42. The molecule has 1 aromatic rings. The van der Waals surface area contributed by atoms with Crippen molar-refractivity contribution in [2.24, 2.45) is 5.73 Å². The first-order valence-corrected chi connectivity index (χ1v) is 5.70. The maximum atomic E-state index is 10.5. The van der Waals surface area contributed by atoms with Gasteiger partial charge in [-0.25, -0.2) is 0 Å². The molecule has 0 bridgehead atoms. The number of carboxylic acids is 1. The summed E-state index contributed by atoms with van der Waals surface area (Å²) in [6.07, 6.45) is -0.0170. The first kappa shape index (κ1) is 13.5. The maximum Gasteiger partial charge on any atom is 0.304 e. The normalized spacial score (nSPS) is 12.2.